The highest BCUT2D eigenvalue weighted by Gasteiger charge is 2.30. The molecule has 0 amide bonds. The quantitative estimate of drug-likeness (QED) is 0.523. The van der Waals surface area contributed by atoms with Crippen LogP contribution in [0.5, 0.6) is 11.5 Å². The Kier molecular flexibility index (Phi) is 7.47. The van der Waals surface area contributed by atoms with Gasteiger partial charge in [0.1, 0.15) is 11.5 Å². The minimum absolute atomic E-state index is 0.349. The first kappa shape index (κ1) is 21.5. The van der Waals surface area contributed by atoms with E-state index in [1.54, 1.807) is 12.1 Å². The average Bonchev–Trinajstić information content (AvgIpc) is 2.57. The van der Waals surface area contributed by atoms with Gasteiger partial charge in [-0.15, -0.1) is 0 Å². The normalized spacial score (nSPS) is 12.6. The molecule has 0 fully saturated rings. The van der Waals surface area contributed by atoms with Gasteiger partial charge in [0.25, 0.3) is 0 Å². The number of benzene rings is 2. The Bertz CT molecular complexity index is 770. The van der Waals surface area contributed by atoms with Crippen molar-refractivity contribution in [3.8, 4) is 11.5 Å². The number of aromatic hydroxyl groups is 2. The zero-order valence-corrected chi connectivity index (χ0v) is 18.9. The van der Waals surface area contributed by atoms with E-state index < -0.39 is 16.6 Å². The lowest BCUT2D eigenvalue weighted by molar-refractivity contribution is 0.467. The number of phenolic OH excluding ortho intramolecular Hbond substituents is 2. The molecule has 0 saturated carbocycles. The summed E-state index contributed by atoms with van der Waals surface area (Å²) in [6.45, 7) is 9.02. The number of aryl methyl sites for hydroxylation is 1. The summed E-state index contributed by atoms with van der Waals surface area (Å²) >= 11 is 0. The summed E-state index contributed by atoms with van der Waals surface area (Å²) in [4.78, 5) is 0. The molecule has 0 bridgehead atoms. The zero-order valence-electron chi connectivity index (χ0n) is 16.9. The summed E-state index contributed by atoms with van der Waals surface area (Å²) in [6.07, 6.45) is 4.77. The van der Waals surface area contributed by atoms with Crippen LogP contribution in [0.3, 0.4) is 0 Å². The first-order valence-electron chi connectivity index (χ1n) is 9.60. The van der Waals surface area contributed by atoms with Crippen LogP contribution in [-0.4, -0.2) is 26.8 Å². The van der Waals surface area contributed by atoms with E-state index in [0.29, 0.717) is 11.5 Å². The molecule has 146 valence electrons. The molecule has 0 heterocycles. The maximum atomic E-state index is 9.90. The second-order valence-electron chi connectivity index (χ2n) is 8.18. The highest BCUT2D eigenvalue weighted by atomic mass is 28.4. The van der Waals surface area contributed by atoms with Gasteiger partial charge in [0, 0.05) is 0 Å². The SMILES string of the molecule is C[Si](C)(C=CCc1ccccc1O)O[Si](C)(C)CCCc1ccccc1O. The van der Waals surface area contributed by atoms with Gasteiger partial charge in [0.15, 0.2) is 16.6 Å². The van der Waals surface area contributed by atoms with E-state index in [-0.39, 0.29) is 0 Å². The molecule has 2 N–H and O–H groups in total. The van der Waals surface area contributed by atoms with E-state index in [1.165, 1.54) is 0 Å². The Labute approximate surface area is 165 Å². The molecular formula is C22H32O3Si2. The molecule has 0 atom stereocenters. The Morgan fingerprint density at radius 3 is 2.00 bits per heavy atom. The van der Waals surface area contributed by atoms with Crippen LogP contribution < -0.4 is 0 Å². The number of hydrogen-bond acceptors (Lipinski definition) is 3. The van der Waals surface area contributed by atoms with Crippen LogP contribution in [0.15, 0.2) is 60.3 Å². The van der Waals surface area contributed by atoms with E-state index >= 15 is 0 Å². The van der Waals surface area contributed by atoms with Crippen molar-refractivity contribution in [2.24, 2.45) is 0 Å². The Balaban J connectivity index is 1.85. The molecule has 2 rings (SSSR count). The third-order valence-electron chi connectivity index (χ3n) is 4.60. The minimum Gasteiger partial charge on any atom is -0.508 e. The summed E-state index contributed by atoms with van der Waals surface area (Å²) in [5.74, 6) is 0.737. The largest absolute Gasteiger partial charge is 0.508 e. The monoisotopic (exact) mass is 400 g/mol. The van der Waals surface area contributed by atoms with E-state index in [9.17, 15) is 10.2 Å². The Hall–Kier alpha value is -1.83. The number of hydrogen-bond donors (Lipinski definition) is 2. The van der Waals surface area contributed by atoms with Crippen molar-refractivity contribution in [3.63, 3.8) is 0 Å². The molecular weight excluding hydrogens is 368 g/mol. The van der Waals surface area contributed by atoms with Gasteiger partial charge in [0.05, 0.1) is 0 Å². The molecule has 27 heavy (non-hydrogen) atoms. The molecule has 0 saturated heterocycles. The molecule has 0 aliphatic heterocycles. The molecule has 2 aromatic carbocycles. The number of allylic oxidation sites excluding steroid dienone is 1. The van der Waals surface area contributed by atoms with Gasteiger partial charge in [0.2, 0.25) is 0 Å². The molecule has 3 nitrogen and oxygen atoms in total. The van der Waals surface area contributed by atoms with Crippen LogP contribution in [0.1, 0.15) is 17.5 Å². The summed E-state index contributed by atoms with van der Waals surface area (Å²) in [5.41, 5.74) is 4.19. The first-order chi connectivity index (χ1) is 12.7. The van der Waals surface area contributed by atoms with Crippen molar-refractivity contribution in [2.45, 2.75) is 51.5 Å². The van der Waals surface area contributed by atoms with E-state index in [0.717, 1.165) is 36.4 Å². The van der Waals surface area contributed by atoms with Crippen LogP contribution >= 0.6 is 0 Å². The average molecular weight is 401 g/mol. The third kappa shape index (κ3) is 7.36. The maximum absolute atomic E-state index is 9.90. The van der Waals surface area contributed by atoms with Crippen molar-refractivity contribution < 1.29 is 14.3 Å². The number of phenols is 2. The lowest BCUT2D eigenvalue weighted by Gasteiger charge is -2.32. The van der Waals surface area contributed by atoms with Gasteiger partial charge < -0.3 is 14.3 Å². The molecule has 2 aromatic rings. The first-order valence-corrected chi connectivity index (χ1v) is 15.7. The number of rotatable bonds is 9. The van der Waals surface area contributed by atoms with Crippen LogP contribution in [-0.2, 0) is 17.0 Å². The second kappa shape index (κ2) is 9.39. The molecule has 0 spiro atoms. The predicted octanol–water partition coefficient (Wildman–Crippen LogP) is 5.80. The predicted molar refractivity (Wildman–Crippen MR) is 118 cm³/mol. The lowest BCUT2D eigenvalue weighted by atomic mass is 10.1. The fraction of sp³-hybridized carbons (Fsp3) is 0.364. The number of para-hydroxylation sites is 2. The topological polar surface area (TPSA) is 49.7 Å². The van der Waals surface area contributed by atoms with E-state index in [4.69, 9.17) is 4.12 Å². The van der Waals surface area contributed by atoms with Gasteiger partial charge in [-0.2, -0.15) is 0 Å². The molecule has 0 aromatic heterocycles. The Morgan fingerprint density at radius 2 is 1.41 bits per heavy atom. The maximum Gasteiger partial charge on any atom is 0.198 e. The van der Waals surface area contributed by atoms with Gasteiger partial charge in [-0.3, -0.25) is 0 Å². The van der Waals surface area contributed by atoms with Crippen LogP contribution in [0.2, 0.25) is 32.2 Å². The van der Waals surface area contributed by atoms with Gasteiger partial charge in [-0.1, -0.05) is 48.2 Å². The highest BCUT2D eigenvalue weighted by molar-refractivity contribution is 6.87. The van der Waals surface area contributed by atoms with Crippen molar-refractivity contribution in [1.82, 2.24) is 0 Å². The summed E-state index contributed by atoms with van der Waals surface area (Å²) in [7, 11) is -3.67. The fourth-order valence-electron chi connectivity index (χ4n) is 3.38. The highest BCUT2D eigenvalue weighted by Crippen LogP contribution is 2.24. The van der Waals surface area contributed by atoms with Crippen molar-refractivity contribution in [1.29, 1.82) is 0 Å². The molecule has 0 unspecified atom stereocenters. The summed E-state index contributed by atoms with van der Waals surface area (Å²) in [5, 5.41) is 19.8. The van der Waals surface area contributed by atoms with Crippen LogP contribution in [0.25, 0.3) is 0 Å². The summed E-state index contributed by atoms with van der Waals surface area (Å²) in [6, 6.07) is 16.1. The summed E-state index contributed by atoms with van der Waals surface area (Å²) < 4.78 is 6.63. The molecule has 0 aliphatic rings. The Morgan fingerprint density at radius 1 is 0.852 bits per heavy atom. The zero-order chi connectivity index (χ0) is 19.9. The standard InChI is InChI=1S/C22H32O3Si2/c1-26(2,17-9-13-19-11-5-7-15-21(19)23)25-27(3,4)18-10-14-20-12-6-8-16-22(20)24/h5-9,11-12,15-17,23-24H,10,13-14,18H2,1-4H3. The van der Waals surface area contributed by atoms with Crippen LogP contribution in [0, 0.1) is 0 Å². The van der Waals surface area contributed by atoms with Crippen molar-refractivity contribution in [3.05, 3.63) is 71.4 Å². The van der Waals surface area contributed by atoms with Gasteiger partial charge in [-0.25, -0.2) is 0 Å². The molecule has 0 aliphatic carbocycles. The molecule has 0 radical (unpaired) electrons. The van der Waals surface area contributed by atoms with E-state index in [2.05, 4.69) is 38.0 Å². The minimum atomic E-state index is -1.90. The van der Waals surface area contributed by atoms with Gasteiger partial charge >= 0.3 is 0 Å². The van der Waals surface area contributed by atoms with Crippen molar-refractivity contribution in [2.75, 3.05) is 0 Å². The van der Waals surface area contributed by atoms with Crippen LogP contribution in [0.4, 0.5) is 0 Å². The fourth-order valence-corrected chi connectivity index (χ4v) is 11.5. The molecule has 5 heteroatoms. The van der Waals surface area contributed by atoms with E-state index in [1.807, 2.05) is 36.4 Å². The lowest BCUT2D eigenvalue weighted by Crippen LogP contribution is -2.43. The van der Waals surface area contributed by atoms with Crippen molar-refractivity contribution >= 4 is 16.6 Å². The third-order valence-corrected chi connectivity index (χ3v) is 11.5. The smallest absolute Gasteiger partial charge is 0.198 e. The second-order valence-corrected chi connectivity index (χ2v) is 16.6. The van der Waals surface area contributed by atoms with Gasteiger partial charge in [-0.05, 0) is 74.8 Å².